The Hall–Kier alpha value is -1.97. The molecule has 2 aromatic rings. The van der Waals surface area contributed by atoms with Crippen molar-refractivity contribution < 1.29 is 4.79 Å². The Morgan fingerprint density at radius 3 is 2.59 bits per heavy atom. The summed E-state index contributed by atoms with van der Waals surface area (Å²) in [4.78, 5) is 22.5. The first kappa shape index (κ1) is 11.5. The number of carbonyl (C=O) groups excluding carboxylic acids is 1. The Bertz CT molecular complexity index is 530. The first-order valence-electron chi connectivity index (χ1n) is 5.77. The van der Waals surface area contributed by atoms with Gasteiger partial charge < -0.3 is 4.90 Å². The van der Waals surface area contributed by atoms with Crippen LogP contribution in [0.25, 0.3) is 11.0 Å². The lowest BCUT2D eigenvalue weighted by Crippen LogP contribution is -2.30. The zero-order chi connectivity index (χ0) is 12.3. The standard InChI is InChI=1S/C13H15N3O/c1-3-16(4-2)13(17)10-6-5-7-11-12(10)15-9-8-14-11/h5-9H,3-4H2,1-2H3. The van der Waals surface area contributed by atoms with Crippen LogP contribution >= 0.6 is 0 Å². The molecule has 0 saturated carbocycles. The van der Waals surface area contributed by atoms with E-state index in [1.807, 2.05) is 26.0 Å². The maximum absolute atomic E-state index is 12.3. The van der Waals surface area contributed by atoms with Gasteiger partial charge in [-0.2, -0.15) is 0 Å². The molecule has 0 aliphatic heterocycles. The third-order valence-corrected chi connectivity index (χ3v) is 2.78. The predicted octanol–water partition coefficient (Wildman–Crippen LogP) is 2.11. The van der Waals surface area contributed by atoms with Gasteiger partial charge in [-0.05, 0) is 26.0 Å². The van der Waals surface area contributed by atoms with Gasteiger partial charge in [0.2, 0.25) is 0 Å². The third kappa shape index (κ3) is 2.11. The molecule has 0 unspecified atom stereocenters. The Balaban J connectivity index is 2.52. The van der Waals surface area contributed by atoms with E-state index in [0.717, 1.165) is 5.52 Å². The normalized spacial score (nSPS) is 10.5. The van der Waals surface area contributed by atoms with Crippen molar-refractivity contribution in [2.45, 2.75) is 13.8 Å². The summed E-state index contributed by atoms with van der Waals surface area (Å²) in [5.74, 6) is 0.0149. The van der Waals surface area contributed by atoms with Crippen molar-refractivity contribution in [3.8, 4) is 0 Å². The van der Waals surface area contributed by atoms with E-state index in [9.17, 15) is 4.79 Å². The second kappa shape index (κ2) is 4.91. The van der Waals surface area contributed by atoms with E-state index in [1.165, 1.54) is 0 Å². The minimum Gasteiger partial charge on any atom is -0.339 e. The van der Waals surface area contributed by atoms with Gasteiger partial charge in [0.15, 0.2) is 0 Å². The fourth-order valence-electron chi connectivity index (χ4n) is 1.85. The largest absolute Gasteiger partial charge is 0.339 e. The number of hydrogen-bond acceptors (Lipinski definition) is 3. The van der Waals surface area contributed by atoms with E-state index in [1.54, 1.807) is 23.4 Å². The lowest BCUT2D eigenvalue weighted by atomic mass is 10.1. The van der Waals surface area contributed by atoms with E-state index in [-0.39, 0.29) is 5.91 Å². The van der Waals surface area contributed by atoms with Gasteiger partial charge in [-0.1, -0.05) is 6.07 Å². The highest BCUT2D eigenvalue weighted by Crippen LogP contribution is 2.15. The number of nitrogens with zero attached hydrogens (tertiary/aromatic N) is 3. The van der Waals surface area contributed by atoms with Gasteiger partial charge >= 0.3 is 0 Å². The molecule has 0 aliphatic rings. The number of benzene rings is 1. The molecule has 0 atom stereocenters. The number of para-hydroxylation sites is 1. The molecular formula is C13H15N3O. The monoisotopic (exact) mass is 229 g/mol. The summed E-state index contributed by atoms with van der Waals surface area (Å²) >= 11 is 0. The number of carbonyl (C=O) groups is 1. The Morgan fingerprint density at radius 2 is 1.88 bits per heavy atom. The highest BCUT2D eigenvalue weighted by molar-refractivity contribution is 6.04. The van der Waals surface area contributed by atoms with Crippen molar-refractivity contribution in [1.29, 1.82) is 0 Å². The molecule has 0 saturated heterocycles. The van der Waals surface area contributed by atoms with Crippen LogP contribution in [0.4, 0.5) is 0 Å². The summed E-state index contributed by atoms with van der Waals surface area (Å²) in [5, 5.41) is 0. The zero-order valence-electron chi connectivity index (χ0n) is 10.1. The van der Waals surface area contributed by atoms with Gasteiger partial charge in [0.25, 0.3) is 5.91 Å². The van der Waals surface area contributed by atoms with Crippen molar-refractivity contribution in [3.63, 3.8) is 0 Å². The molecule has 0 N–H and O–H groups in total. The second-order valence-corrected chi connectivity index (χ2v) is 3.71. The second-order valence-electron chi connectivity index (χ2n) is 3.71. The maximum Gasteiger partial charge on any atom is 0.256 e. The highest BCUT2D eigenvalue weighted by Gasteiger charge is 2.15. The Labute approximate surface area is 100 Å². The van der Waals surface area contributed by atoms with Gasteiger partial charge in [-0.15, -0.1) is 0 Å². The first-order chi connectivity index (χ1) is 8.27. The molecule has 2 rings (SSSR count). The quantitative estimate of drug-likeness (QED) is 0.809. The molecule has 1 amide bonds. The number of hydrogen-bond donors (Lipinski definition) is 0. The van der Waals surface area contributed by atoms with Crippen LogP contribution in [-0.4, -0.2) is 33.9 Å². The molecule has 4 nitrogen and oxygen atoms in total. The van der Waals surface area contributed by atoms with Crippen molar-refractivity contribution >= 4 is 16.9 Å². The van der Waals surface area contributed by atoms with E-state index in [2.05, 4.69) is 9.97 Å². The summed E-state index contributed by atoms with van der Waals surface area (Å²) < 4.78 is 0. The Morgan fingerprint density at radius 1 is 1.18 bits per heavy atom. The highest BCUT2D eigenvalue weighted by atomic mass is 16.2. The molecule has 88 valence electrons. The summed E-state index contributed by atoms with van der Waals surface area (Å²) in [7, 11) is 0. The molecule has 0 radical (unpaired) electrons. The molecule has 0 spiro atoms. The molecule has 1 aromatic carbocycles. The summed E-state index contributed by atoms with van der Waals surface area (Å²) in [6.07, 6.45) is 3.25. The topological polar surface area (TPSA) is 46.1 Å². The fourth-order valence-corrected chi connectivity index (χ4v) is 1.85. The molecule has 0 fully saturated rings. The smallest absolute Gasteiger partial charge is 0.256 e. The minimum atomic E-state index is 0.0149. The molecule has 1 heterocycles. The fraction of sp³-hybridized carbons (Fsp3) is 0.308. The average molecular weight is 229 g/mol. The van der Waals surface area contributed by atoms with Gasteiger partial charge in [0, 0.05) is 25.5 Å². The van der Waals surface area contributed by atoms with Crippen molar-refractivity contribution in [2.24, 2.45) is 0 Å². The number of aromatic nitrogens is 2. The molecule has 17 heavy (non-hydrogen) atoms. The van der Waals surface area contributed by atoms with Crippen LogP contribution < -0.4 is 0 Å². The number of rotatable bonds is 3. The van der Waals surface area contributed by atoms with E-state index in [0.29, 0.717) is 24.2 Å². The lowest BCUT2D eigenvalue weighted by molar-refractivity contribution is 0.0774. The van der Waals surface area contributed by atoms with Gasteiger partial charge in [0.05, 0.1) is 11.1 Å². The first-order valence-corrected chi connectivity index (χ1v) is 5.77. The van der Waals surface area contributed by atoms with Crippen molar-refractivity contribution in [2.75, 3.05) is 13.1 Å². The number of fused-ring (bicyclic) bond motifs is 1. The van der Waals surface area contributed by atoms with E-state index < -0.39 is 0 Å². The Kier molecular flexibility index (Phi) is 3.32. The van der Waals surface area contributed by atoms with E-state index >= 15 is 0 Å². The van der Waals surface area contributed by atoms with Crippen LogP contribution in [0.3, 0.4) is 0 Å². The van der Waals surface area contributed by atoms with Gasteiger partial charge in [-0.3, -0.25) is 14.8 Å². The summed E-state index contributed by atoms with van der Waals surface area (Å²) in [5.41, 5.74) is 2.05. The summed E-state index contributed by atoms with van der Waals surface area (Å²) in [6.45, 7) is 5.34. The van der Waals surface area contributed by atoms with Gasteiger partial charge in [-0.25, -0.2) is 0 Å². The van der Waals surface area contributed by atoms with Crippen LogP contribution in [-0.2, 0) is 0 Å². The van der Waals surface area contributed by atoms with Crippen LogP contribution in [0.1, 0.15) is 24.2 Å². The maximum atomic E-state index is 12.3. The van der Waals surface area contributed by atoms with E-state index in [4.69, 9.17) is 0 Å². The van der Waals surface area contributed by atoms with Crippen molar-refractivity contribution in [3.05, 3.63) is 36.2 Å². The van der Waals surface area contributed by atoms with Gasteiger partial charge in [0.1, 0.15) is 5.52 Å². The van der Waals surface area contributed by atoms with Crippen LogP contribution in [0.2, 0.25) is 0 Å². The lowest BCUT2D eigenvalue weighted by Gasteiger charge is -2.18. The zero-order valence-corrected chi connectivity index (χ0v) is 10.1. The van der Waals surface area contributed by atoms with Crippen molar-refractivity contribution in [1.82, 2.24) is 14.9 Å². The molecule has 1 aromatic heterocycles. The molecule has 0 bridgehead atoms. The van der Waals surface area contributed by atoms with Crippen LogP contribution in [0.5, 0.6) is 0 Å². The SMILES string of the molecule is CCN(CC)C(=O)c1cccc2nccnc12. The third-order valence-electron chi connectivity index (χ3n) is 2.78. The summed E-state index contributed by atoms with van der Waals surface area (Å²) in [6, 6.07) is 5.51. The molecule has 4 heteroatoms. The predicted molar refractivity (Wildman–Crippen MR) is 66.8 cm³/mol. The molecular weight excluding hydrogens is 214 g/mol. The average Bonchev–Trinajstić information content (AvgIpc) is 2.39. The van der Waals surface area contributed by atoms with Crippen LogP contribution in [0.15, 0.2) is 30.6 Å². The molecule has 0 aliphatic carbocycles. The van der Waals surface area contributed by atoms with Crippen LogP contribution in [0, 0.1) is 0 Å². The number of amides is 1. The minimum absolute atomic E-state index is 0.0149.